The molecule has 0 bridgehead atoms. The SMILES string of the molecule is Oc1ccc(-c2ccccn2)c(-c2ccccn2)c1-c1cccc2cc3ccccc3cc12. The molecule has 0 aliphatic rings. The predicted octanol–water partition coefficient (Wildman–Crippen LogP) is 7.49. The number of fused-ring (bicyclic) bond motifs is 2. The van der Waals surface area contributed by atoms with E-state index >= 15 is 0 Å². The molecule has 0 saturated carbocycles. The van der Waals surface area contributed by atoms with E-state index in [-0.39, 0.29) is 5.75 Å². The van der Waals surface area contributed by atoms with Gasteiger partial charge in [-0.1, -0.05) is 54.6 Å². The zero-order chi connectivity index (χ0) is 22.2. The first-order chi connectivity index (χ1) is 16.3. The van der Waals surface area contributed by atoms with Gasteiger partial charge in [0.15, 0.2) is 0 Å². The molecule has 3 heteroatoms. The summed E-state index contributed by atoms with van der Waals surface area (Å²) in [6, 6.07) is 34.4. The summed E-state index contributed by atoms with van der Waals surface area (Å²) >= 11 is 0. The van der Waals surface area contributed by atoms with Crippen LogP contribution in [0.1, 0.15) is 0 Å². The molecule has 2 heterocycles. The Labute approximate surface area is 191 Å². The Kier molecular flexibility index (Phi) is 4.59. The Morgan fingerprint density at radius 1 is 0.485 bits per heavy atom. The van der Waals surface area contributed by atoms with Crippen LogP contribution in [0.15, 0.2) is 116 Å². The lowest BCUT2D eigenvalue weighted by atomic mass is 9.87. The molecule has 0 unspecified atom stereocenters. The number of phenolic OH excluding ortho intramolecular Hbond substituents is 1. The van der Waals surface area contributed by atoms with Crippen LogP contribution < -0.4 is 0 Å². The molecular formula is C30H20N2O. The number of phenols is 1. The van der Waals surface area contributed by atoms with Crippen LogP contribution >= 0.6 is 0 Å². The molecule has 0 aliphatic heterocycles. The third-order valence-corrected chi connectivity index (χ3v) is 6.06. The van der Waals surface area contributed by atoms with E-state index < -0.39 is 0 Å². The second-order valence-corrected chi connectivity index (χ2v) is 8.04. The van der Waals surface area contributed by atoms with Gasteiger partial charge in [-0.25, -0.2) is 0 Å². The minimum absolute atomic E-state index is 0.219. The smallest absolute Gasteiger partial charge is 0.124 e. The van der Waals surface area contributed by atoms with E-state index in [1.54, 1.807) is 18.5 Å². The summed E-state index contributed by atoms with van der Waals surface area (Å²) in [5.74, 6) is 0.219. The minimum atomic E-state index is 0.219. The summed E-state index contributed by atoms with van der Waals surface area (Å²) < 4.78 is 0. The van der Waals surface area contributed by atoms with E-state index in [0.717, 1.165) is 49.8 Å². The first-order valence-electron chi connectivity index (χ1n) is 10.9. The average Bonchev–Trinajstić information content (AvgIpc) is 2.88. The van der Waals surface area contributed by atoms with Crippen LogP contribution in [0.2, 0.25) is 0 Å². The molecule has 6 aromatic rings. The van der Waals surface area contributed by atoms with Crippen molar-refractivity contribution in [2.45, 2.75) is 0 Å². The van der Waals surface area contributed by atoms with Gasteiger partial charge in [-0.3, -0.25) is 9.97 Å². The van der Waals surface area contributed by atoms with E-state index in [2.05, 4.69) is 58.5 Å². The Balaban J connectivity index is 1.73. The quantitative estimate of drug-likeness (QED) is 0.299. The van der Waals surface area contributed by atoms with Crippen LogP contribution in [0.3, 0.4) is 0 Å². The van der Waals surface area contributed by atoms with Gasteiger partial charge in [0, 0.05) is 29.1 Å². The number of hydrogen-bond donors (Lipinski definition) is 1. The van der Waals surface area contributed by atoms with E-state index in [9.17, 15) is 5.11 Å². The minimum Gasteiger partial charge on any atom is -0.507 e. The van der Waals surface area contributed by atoms with Gasteiger partial charge in [-0.05, 0) is 75.6 Å². The first-order valence-corrected chi connectivity index (χ1v) is 10.9. The zero-order valence-electron chi connectivity index (χ0n) is 17.8. The monoisotopic (exact) mass is 424 g/mol. The molecule has 4 aromatic carbocycles. The van der Waals surface area contributed by atoms with Crippen molar-refractivity contribution in [2.24, 2.45) is 0 Å². The molecule has 33 heavy (non-hydrogen) atoms. The normalized spacial score (nSPS) is 11.2. The maximum Gasteiger partial charge on any atom is 0.124 e. The number of nitrogens with zero attached hydrogens (tertiary/aromatic N) is 2. The van der Waals surface area contributed by atoms with Crippen molar-refractivity contribution in [1.29, 1.82) is 0 Å². The molecular weight excluding hydrogens is 404 g/mol. The molecule has 156 valence electrons. The number of hydrogen-bond acceptors (Lipinski definition) is 3. The van der Waals surface area contributed by atoms with Crippen LogP contribution in [0.25, 0.3) is 55.2 Å². The highest BCUT2D eigenvalue weighted by atomic mass is 16.3. The lowest BCUT2D eigenvalue weighted by Gasteiger charge is -2.18. The van der Waals surface area contributed by atoms with Crippen LogP contribution in [-0.2, 0) is 0 Å². The summed E-state index contributed by atoms with van der Waals surface area (Å²) in [5, 5.41) is 15.8. The van der Waals surface area contributed by atoms with Crippen molar-refractivity contribution in [3.63, 3.8) is 0 Å². The Morgan fingerprint density at radius 3 is 1.88 bits per heavy atom. The van der Waals surface area contributed by atoms with Crippen LogP contribution in [0.5, 0.6) is 5.75 Å². The molecule has 0 spiro atoms. The molecule has 0 fully saturated rings. The van der Waals surface area contributed by atoms with Gasteiger partial charge in [0.1, 0.15) is 5.75 Å². The largest absolute Gasteiger partial charge is 0.507 e. The van der Waals surface area contributed by atoms with Gasteiger partial charge in [-0.2, -0.15) is 0 Å². The van der Waals surface area contributed by atoms with Crippen molar-refractivity contribution >= 4 is 21.5 Å². The highest BCUT2D eigenvalue weighted by Gasteiger charge is 2.21. The predicted molar refractivity (Wildman–Crippen MR) is 135 cm³/mol. The van der Waals surface area contributed by atoms with Crippen molar-refractivity contribution < 1.29 is 5.11 Å². The fourth-order valence-corrected chi connectivity index (χ4v) is 4.56. The van der Waals surface area contributed by atoms with Gasteiger partial charge in [0.05, 0.1) is 11.4 Å². The lowest BCUT2D eigenvalue weighted by Crippen LogP contribution is -1.95. The second kappa shape index (κ2) is 7.88. The van der Waals surface area contributed by atoms with E-state index in [1.807, 2.05) is 48.5 Å². The molecule has 0 saturated heterocycles. The molecule has 1 N–H and O–H groups in total. The summed E-state index contributed by atoms with van der Waals surface area (Å²) in [6.07, 6.45) is 3.57. The molecule has 0 aliphatic carbocycles. The topological polar surface area (TPSA) is 46.0 Å². The Hall–Kier alpha value is -4.50. The average molecular weight is 425 g/mol. The number of rotatable bonds is 3. The number of benzene rings is 4. The van der Waals surface area contributed by atoms with Crippen molar-refractivity contribution in [1.82, 2.24) is 9.97 Å². The fraction of sp³-hybridized carbons (Fsp3) is 0. The third-order valence-electron chi connectivity index (χ3n) is 6.06. The molecule has 3 nitrogen and oxygen atoms in total. The number of pyridine rings is 2. The Morgan fingerprint density at radius 2 is 1.15 bits per heavy atom. The molecule has 0 atom stereocenters. The van der Waals surface area contributed by atoms with Gasteiger partial charge in [0.2, 0.25) is 0 Å². The summed E-state index contributed by atoms with van der Waals surface area (Å²) in [6.45, 7) is 0. The lowest BCUT2D eigenvalue weighted by molar-refractivity contribution is 0.477. The molecule has 2 aromatic heterocycles. The van der Waals surface area contributed by atoms with Gasteiger partial charge in [-0.15, -0.1) is 0 Å². The summed E-state index contributed by atoms with van der Waals surface area (Å²) in [7, 11) is 0. The van der Waals surface area contributed by atoms with Gasteiger partial charge >= 0.3 is 0 Å². The Bertz CT molecular complexity index is 1610. The standard InChI is InChI=1S/C30H20N2O/c33-28-15-14-24(26-12-3-5-16-31-26)29(27-13-4-6-17-32-27)30(28)23-11-7-10-22-18-20-8-1-2-9-21(20)19-25(22)23/h1-19,33H. The van der Waals surface area contributed by atoms with Crippen molar-refractivity contribution in [3.8, 4) is 39.4 Å². The number of aromatic hydroxyl groups is 1. The molecule has 6 rings (SSSR count). The second-order valence-electron chi connectivity index (χ2n) is 8.04. The van der Waals surface area contributed by atoms with Gasteiger partial charge < -0.3 is 5.11 Å². The highest BCUT2D eigenvalue weighted by molar-refractivity contribution is 6.09. The summed E-state index contributed by atoms with van der Waals surface area (Å²) in [5.41, 5.74) is 5.16. The van der Waals surface area contributed by atoms with E-state index in [4.69, 9.17) is 0 Å². The van der Waals surface area contributed by atoms with Crippen molar-refractivity contribution in [3.05, 3.63) is 116 Å². The fourth-order valence-electron chi connectivity index (χ4n) is 4.56. The molecule has 0 radical (unpaired) electrons. The summed E-state index contributed by atoms with van der Waals surface area (Å²) in [4.78, 5) is 9.25. The highest BCUT2D eigenvalue weighted by Crippen LogP contribution is 2.46. The van der Waals surface area contributed by atoms with Crippen LogP contribution in [0, 0.1) is 0 Å². The zero-order valence-corrected chi connectivity index (χ0v) is 17.8. The van der Waals surface area contributed by atoms with Crippen LogP contribution in [-0.4, -0.2) is 15.1 Å². The number of aromatic nitrogens is 2. The van der Waals surface area contributed by atoms with Crippen LogP contribution in [0.4, 0.5) is 0 Å². The van der Waals surface area contributed by atoms with Crippen molar-refractivity contribution in [2.75, 3.05) is 0 Å². The molecule has 0 amide bonds. The van der Waals surface area contributed by atoms with Gasteiger partial charge in [0.25, 0.3) is 0 Å². The third kappa shape index (κ3) is 3.31. The first kappa shape index (κ1) is 19.2. The maximum absolute atomic E-state index is 11.2. The van der Waals surface area contributed by atoms with E-state index in [1.165, 1.54) is 5.39 Å². The maximum atomic E-state index is 11.2. The van der Waals surface area contributed by atoms with E-state index in [0.29, 0.717) is 0 Å².